The molecule has 0 bridgehead atoms. The maximum absolute atomic E-state index is 13.0. The molecule has 4 nitrogen and oxygen atoms in total. The maximum atomic E-state index is 13.0. The molecule has 0 N–H and O–H groups in total. The zero-order valence-electron chi connectivity index (χ0n) is 15.3. The van der Waals surface area contributed by atoms with Crippen LogP contribution in [-0.4, -0.2) is 15.9 Å². The Balaban J connectivity index is 2.22. The molecule has 4 heteroatoms. The number of allylic oxidation sites excluding steroid dienone is 5. The number of rotatable bonds is 4. The summed E-state index contributed by atoms with van der Waals surface area (Å²) in [6.45, 7) is 14.3. The molecule has 3 rings (SSSR count). The van der Waals surface area contributed by atoms with Crippen LogP contribution in [0.4, 0.5) is 0 Å². The number of aryl methyl sites for hydroxylation is 1. The monoisotopic (exact) mass is 326 g/mol. The first kappa shape index (κ1) is 16.9. The van der Waals surface area contributed by atoms with Gasteiger partial charge in [-0.05, 0) is 62.5 Å². The molecule has 0 atom stereocenters. The van der Waals surface area contributed by atoms with Gasteiger partial charge in [-0.2, -0.15) is 4.98 Å². The van der Waals surface area contributed by atoms with Crippen LogP contribution in [-0.2, 0) is 4.79 Å². The maximum Gasteiger partial charge on any atom is 0.258 e. The Morgan fingerprint density at radius 2 is 1.92 bits per heavy atom. The number of ketones is 1. The quantitative estimate of drug-likeness (QED) is 0.744. The van der Waals surface area contributed by atoms with Crippen LogP contribution in [0.25, 0.3) is 5.57 Å². The van der Waals surface area contributed by atoms with Crippen LogP contribution in [0.2, 0.25) is 0 Å². The predicted molar refractivity (Wildman–Crippen MR) is 94.2 cm³/mol. The van der Waals surface area contributed by atoms with Gasteiger partial charge in [0, 0.05) is 17.6 Å². The van der Waals surface area contributed by atoms with Crippen LogP contribution < -0.4 is 0 Å². The molecule has 1 saturated carbocycles. The van der Waals surface area contributed by atoms with Crippen LogP contribution in [0.5, 0.6) is 0 Å². The van der Waals surface area contributed by atoms with Gasteiger partial charge in [0.1, 0.15) is 0 Å². The van der Waals surface area contributed by atoms with Crippen LogP contribution in [0.1, 0.15) is 65.1 Å². The molecule has 0 radical (unpaired) electrons. The van der Waals surface area contributed by atoms with Crippen LogP contribution >= 0.6 is 0 Å². The van der Waals surface area contributed by atoms with Crippen molar-refractivity contribution in [2.75, 3.05) is 0 Å². The highest BCUT2D eigenvalue weighted by atomic mass is 16.5. The highest BCUT2D eigenvalue weighted by Gasteiger charge is 2.39. The fourth-order valence-corrected chi connectivity index (χ4v) is 3.84. The standard InChI is InChI=1S/C20H26N2O2/c1-11(2)16(19-21-13(4)22-24-19)18(14-7-8-14)17-12(3)9-20(5,6)10-15(17)23/h14H,1,7-10H2,2-6H3/b18-16+. The van der Waals surface area contributed by atoms with Crippen molar-refractivity contribution >= 4 is 11.4 Å². The molecular formula is C20H26N2O2. The van der Waals surface area contributed by atoms with Gasteiger partial charge in [0.2, 0.25) is 0 Å². The summed E-state index contributed by atoms with van der Waals surface area (Å²) in [5.74, 6) is 1.72. The van der Waals surface area contributed by atoms with Crippen molar-refractivity contribution in [1.29, 1.82) is 0 Å². The Labute approximate surface area is 143 Å². The zero-order valence-corrected chi connectivity index (χ0v) is 15.3. The lowest BCUT2D eigenvalue weighted by atomic mass is 9.71. The first-order valence-corrected chi connectivity index (χ1v) is 8.63. The molecule has 1 heterocycles. The molecule has 128 valence electrons. The second-order valence-corrected chi connectivity index (χ2v) is 8.09. The normalized spacial score (nSPS) is 21.8. The molecule has 0 aromatic carbocycles. The van der Waals surface area contributed by atoms with E-state index >= 15 is 0 Å². The number of aromatic nitrogens is 2. The highest BCUT2D eigenvalue weighted by molar-refractivity contribution is 6.05. The van der Waals surface area contributed by atoms with Crippen molar-refractivity contribution < 1.29 is 9.32 Å². The minimum absolute atomic E-state index is 0.0315. The van der Waals surface area contributed by atoms with Gasteiger partial charge in [0.05, 0.1) is 0 Å². The van der Waals surface area contributed by atoms with E-state index in [-0.39, 0.29) is 11.2 Å². The van der Waals surface area contributed by atoms with E-state index in [0.717, 1.165) is 41.6 Å². The Bertz CT molecular complexity index is 773. The number of hydrogen-bond acceptors (Lipinski definition) is 4. The molecular weight excluding hydrogens is 300 g/mol. The van der Waals surface area contributed by atoms with Gasteiger partial charge in [0.25, 0.3) is 5.89 Å². The summed E-state index contributed by atoms with van der Waals surface area (Å²) in [6.07, 6.45) is 3.73. The number of nitrogens with zero attached hydrogens (tertiary/aromatic N) is 2. The summed E-state index contributed by atoms with van der Waals surface area (Å²) in [4.78, 5) is 17.4. The summed E-state index contributed by atoms with van der Waals surface area (Å²) in [6, 6.07) is 0. The second-order valence-electron chi connectivity index (χ2n) is 8.09. The molecule has 0 saturated heterocycles. The summed E-state index contributed by atoms with van der Waals surface area (Å²) in [5, 5.41) is 3.93. The van der Waals surface area contributed by atoms with E-state index in [9.17, 15) is 4.79 Å². The van der Waals surface area contributed by atoms with E-state index in [0.29, 0.717) is 24.1 Å². The number of hydrogen-bond donors (Lipinski definition) is 0. The molecule has 1 fully saturated rings. The van der Waals surface area contributed by atoms with Gasteiger partial charge in [-0.15, -0.1) is 0 Å². The second kappa shape index (κ2) is 5.83. The lowest BCUT2D eigenvalue weighted by molar-refractivity contribution is -0.117. The summed E-state index contributed by atoms with van der Waals surface area (Å²) in [7, 11) is 0. The van der Waals surface area contributed by atoms with Gasteiger partial charge < -0.3 is 4.52 Å². The van der Waals surface area contributed by atoms with Crippen LogP contribution in [0, 0.1) is 18.3 Å². The Kier molecular flexibility index (Phi) is 4.10. The summed E-state index contributed by atoms with van der Waals surface area (Å²) >= 11 is 0. The fourth-order valence-electron chi connectivity index (χ4n) is 3.84. The number of carbonyl (C=O) groups excluding carboxylic acids is 1. The van der Waals surface area contributed by atoms with Crippen LogP contribution in [0.15, 0.2) is 33.4 Å². The minimum Gasteiger partial charge on any atom is -0.334 e. The van der Waals surface area contributed by atoms with E-state index in [4.69, 9.17) is 4.52 Å². The lowest BCUT2D eigenvalue weighted by Crippen LogP contribution is -2.26. The molecule has 24 heavy (non-hydrogen) atoms. The first-order chi connectivity index (χ1) is 11.2. The van der Waals surface area contributed by atoms with Crippen molar-refractivity contribution in [2.45, 2.75) is 60.3 Å². The van der Waals surface area contributed by atoms with Gasteiger partial charge in [0.15, 0.2) is 11.6 Å². The molecule has 0 unspecified atom stereocenters. The third-order valence-electron chi connectivity index (χ3n) is 4.78. The summed E-state index contributed by atoms with van der Waals surface area (Å²) < 4.78 is 5.44. The van der Waals surface area contributed by atoms with Gasteiger partial charge >= 0.3 is 0 Å². The Morgan fingerprint density at radius 3 is 2.38 bits per heavy atom. The van der Waals surface area contributed by atoms with E-state index < -0.39 is 0 Å². The molecule has 0 amide bonds. The SMILES string of the molecule is C=C(C)/C(=C(\C1=C(C)CC(C)(C)CC1=O)C1CC1)c1nc(C)no1. The van der Waals surface area contributed by atoms with Crippen LogP contribution in [0.3, 0.4) is 0 Å². The third kappa shape index (κ3) is 3.14. The zero-order chi connectivity index (χ0) is 17.6. The van der Waals surface area contributed by atoms with Crippen molar-refractivity contribution in [3.8, 4) is 0 Å². The van der Waals surface area contributed by atoms with E-state index in [1.807, 2.05) is 6.92 Å². The van der Waals surface area contributed by atoms with Crippen molar-refractivity contribution in [3.05, 3.63) is 40.6 Å². The van der Waals surface area contributed by atoms with E-state index in [1.165, 1.54) is 5.57 Å². The summed E-state index contributed by atoms with van der Waals surface area (Å²) in [5.41, 5.74) is 4.94. The fraction of sp³-hybridized carbons (Fsp3) is 0.550. The smallest absolute Gasteiger partial charge is 0.258 e. The number of Topliss-reactive ketones (excluding diaryl/α,β-unsaturated/α-hetero) is 1. The number of carbonyl (C=O) groups is 1. The van der Waals surface area contributed by atoms with Gasteiger partial charge in [-0.3, -0.25) is 4.79 Å². The molecule has 1 aromatic heterocycles. The molecule has 2 aliphatic rings. The molecule has 0 aliphatic heterocycles. The largest absolute Gasteiger partial charge is 0.334 e. The van der Waals surface area contributed by atoms with Crippen molar-refractivity contribution in [3.63, 3.8) is 0 Å². The molecule has 2 aliphatic carbocycles. The van der Waals surface area contributed by atoms with Gasteiger partial charge in [-0.25, -0.2) is 0 Å². The van der Waals surface area contributed by atoms with E-state index in [2.05, 4.69) is 37.5 Å². The molecule has 1 aromatic rings. The predicted octanol–water partition coefficient (Wildman–Crippen LogP) is 4.82. The third-order valence-corrected chi connectivity index (χ3v) is 4.78. The van der Waals surface area contributed by atoms with E-state index in [1.54, 1.807) is 6.92 Å². The average molecular weight is 326 g/mol. The first-order valence-electron chi connectivity index (χ1n) is 8.63. The van der Waals surface area contributed by atoms with Crippen molar-refractivity contribution in [2.24, 2.45) is 11.3 Å². The Morgan fingerprint density at radius 1 is 1.25 bits per heavy atom. The van der Waals surface area contributed by atoms with Crippen molar-refractivity contribution in [1.82, 2.24) is 10.1 Å². The lowest BCUT2D eigenvalue weighted by Gasteiger charge is -2.32. The topological polar surface area (TPSA) is 56.0 Å². The minimum atomic E-state index is 0.0315. The Hall–Kier alpha value is -1.97. The highest BCUT2D eigenvalue weighted by Crippen LogP contribution is 2.49. The van der Waals surface area contributed by atoms with Gasteiger partial charge in [-0.1, -0.05) is 31.2 Å². The average Bonchev–Trinajstić information content (AvgIpc) is 3.18. The molecule has 0 spiro atoms.